The topological polar surface area (TPSA) is 48.8 Å². The summed E-state index contributed by atoms with van der Waals surface area (Å²) in [6, 6.07) is 2.51. The number of hydrogen-bond acceptors (Lipinski definition) is 2. The van der Waals surface area contributed by atoms with E-state index in [1.54, 1.807) is 0 Å². The van der Waals surface area contributed by atoms with Gasteiger partial charge in [0, 0.05) is 49.8 Å². The molecule has 2 aromatic rings. The minimum atomic E-state index is 0.233. The van der Waals surface area contributed by atoms with Crippen LogP contribution in [-0.2, 0) is 26.4 Å². The average Bonchev–Trinajstić information content (AvgIpc) is 2.92. The number of nitrogens with zero attached hydrogens (tertiary/aromatic N) is 3. The second kappa shape index (κ2) is 4.85. The van der Waals surface area contributed by atoms with Gasteiger partial charge in [-0.15, -0.1) is 0 Å². The third-order valence-corrected chi connectivity index (χ3v) is 4.26. The summed E-state index contributed by atoms with van der Waals surface area (Å²) in [5.74, 6) is 1.14. The van der Waals surface area contributed by atoms with Crippen LogP contribution in [0, 0.1) is 6.92 Å². The van der Waals surface area contributed by atoms with Crippen LogP contribution in [-0.4, -0.2) is 14.1 Å². The van der Waals surface area contributed by atoms with Crippen molar-refractivity contribution in [3.05, 3.63) is 41.2 Å². The van der Waals surface area contributed by atoms with E-state index < -0.39 is 0 Å². The van der Waals surface area contributed by atoms with E-state index in [2.05, 4.69) is 34.2 Å². The summed E-state index contributed by atoms with van der Waals surface area (Å²) in [5, 5.41) is 0. The highest BCUT2D eigenvalue weighted by Crippen LogP contribution is 2.30. The van der Waals surface area contributed by atoms with Crippen LogP contribution in [0.5, 0.6) is 0 Å². The first kappa shape index (κ1) is 12.5. The molecular formula is C15H22N4. The molecule has 0 aliphatic heterocycles. The molecule has 3 rings (SSSR count). The molecule has 0 amide bonds. The van der Waals surface area contributed by atoms with Crippen molar-refractivity contribution in [2.24, 2.45) is 12.8 Å². The Kier molecular flexibility index (Phi) is 3.19. The lowest BCUT2D eigenvalue weighted by atomic mass is 9.93. The van der Waals surface area contributed by atoms with Gasteiger partial charge in [-0.2, -0.15) is 0 Å². The van der Waals surface area contributed by atoms with Crippen molar-refractivity contribution in [2.45, 2.75) is 45.2 Å². The van der Waals surface area contributed by atoms with Crippen molar-refractivity contribution in [1.29, 1.82) is 0 Å². The zero-order valence-electron chi connectivity index (χ0n) is 11.8. The molecule has 0 bridgehead atoms. The van der Waals surface area contributed by atoms with Gasteiger partial charge in [0.25, 0.3) is 0 Å². The lowest BCUT2D eigenvalue weighted by Crippen LogP contribution is -2.19. The lowest BCUT2D eigenvalue weighted by molar-refractivity contribution is 0.532. The Morgan fingerprint density at radius 2 is 2.32 bits per heavy atom. The molecular weight excluding hydrogens is 236 g/mol. The zero-order valence-corrected chi connectivity index (χ0v) is 11.8. The molecule has 19 heavy (non-hydrogen) atoms. The summed E-state index contributed by atoms with van der Waals surface area (Å²) in [7, 11) is 2.05. The van der Waals surface area contributed by atoms with Crippen LogP contribution in [0.3, 0.4) is 0 Å². The highest BCUT2D eigenvalue weighted by molar-refractivity contribution is 5.32. The molecule has 1 unspecified atom stereocenters. The van der Waals surface area contributed by atoms with E-state index in [0.717, 1.165) is 31.6 Å². The van der Waals surface area contributed by atoms with Crippen molar-refractivity contribution in [3.63, 3.8) is 0 Å². The minimum Gasteiger partial charge on any atom is -0.348 e. The van der Waals surface area contributed by atoms with Gasteiger partial charge in [0.15, 0.2) is 0 Å². The third kappa shape index (κ3) is 2.21. The maximum Gasteiger partial charge on any atom is 0.110 e. The van der Waals surface area contributed by atoms with Crippen LogP contribution in [0.1, 0.15) is 41.7 Å². The van der Waals surface area contributed by atoms with Gasteiger partial charge in [-0.25, -0.2) is 4.98 Å². The van der Waals surface area contributed by atoms with E-state index in [-0.39, 0.29) is 6.04 Å². The third-order valence-electron chi connectivity index (χ3n) is 4.26. The first-order chi connectivity index (χ1) is 9.16. The second-order valence-corrected chi connectivity index (χ2v) is 5.54. The Bertz CT molecular complexity index is 579. The van der Waals surface area contributed by atoms with Gasteiger partial charge in [0.2, 0.25) is 0 Å². The number of nitrogens with two attached hydrogens (primary N) is 1. The van der Waals surface area contributed by atoms with Gasteiger partial charge in [-0.1, -0.05) is 0 Å². The van der Waals surface area contributed by atoms with Gasteiger partial charge in [-0.3, -0.25) is 0 Å². The van der Waals surface area contributed by atoms with Crippen molar-refractivity contribution >= 4 is 0 Å². The maximum atomic E-state index is 6.21. The van der Waals surface area contributed by atoms with Crippen molar-refractivity contribution in [1.82, 2.24) is 14.1 Å². The highest BCUT2D eigenvalue weighted by atomic mass is 15.1. The van der Waals surface area contributed by atoms with Crippen molar-refractivity contribution < 1.29 is 0 Å². The van der Waals surface area contributed by atoms with E-state index in [1.807, 2.05) is 12.4 Å². The van der Waals surface area contributed by atoms with E-state index >= 15 is 0 Å². The standard InChI is InChI=1S/C15H22N4/c1-11-10-12-13(16)4-3-5-14(12)19(11)8-6-15-17-7-9-18(15)2/h7,9-10,13H,3-6,8,16H2,1-2H3. The van der Waals surface area contributed by atoms with Crippen molar-refractivity contribution in [3.8, 4) is 0 Å². The molecule has 0 fully saturated rings. The first-order valence-corrected chi connectivity index (χ1v) is 7.07. The fourth-order valence-corrected chi connectivity index (χ4v) is 3.16. The SMILES string of the molecule is Cc1cc2c(n1CCc1nccn1C)CCCC2N. The minimum absolute atomic E-state index is 0.233. The largest absolute Gasteiger partial charge is 0.348 e. The zero-order chi connectivity index (χ0) is 13.4. The molecule has 1 atom stereocenters. The molecule has 102 valence electrons. The van der Waals surface area contributed by atoms with Gasteiger partial charge < -0.3 is 14.9 Å². The predicted molar refractivity (Wildman–Crippen MR) is 75.9 cm³/mol. The number of rotatable bonds is 3. The van der Waals surface area contributed by atoms with Gasteiger partial charge >= 0.3 is 0 Å². The molecule has 4 nitrogen and oxygen atoms in total. The van der Waals surface area contributed by atoms with Gasteiger partial charge in [0.05, 0.1) is 0 Å². The average molecular weight is 258 g/mol. The highest BCUT2D eigenvalue weighted by Gasteiger charge is 2.21. The Balaban J connectivity index is 1.83. The molecule has 0 saturated heterocycles. The molecule has 2 heterocycles. The molecule has 1 aliphatic carbocycles. The van der Waals surface area contributed by atoms with Gasteiger partial charge in [0.1, 0.15) is 5.82 Å². The van der Waals surface area contributed by atoms with E-state index in [9.17, 15) is 0 Å². The van der Waals surface area contributed by atoms with Crippen LogP contribution in [0.15, 0.2) is 18.5 Å². The van der Waals surface area contributed by atoms with Crippen LogP contribution in [0.25, 0.3) is 0 Å². The van der Waals surface area contributed by atoms with E-state index in [0.29, 0.717) is 0 Å². The molecule has 0 spiro atoms. The van der Waals surface area contributed by atoms with Crippen molar-refractivity contribution in [2.75, 3.05) is 0 Å². The Morgan fingerprint density at radius 1 is 1.47 bits per heavy atom. The monoisotopic (exact) mass is 258 g/mol. The fraction of sp³-hybridized carbons (Fsp3) is 0.533. The Labute approximate surface area is 114 Å². The molecule has 0 aromatic carbocycles. The molecule has 0 radical (unpaired) electrons. The Hall–Kier alpha value is -1.55. The smallest absolute Gasteiger partial charge is 0.110 e. The molecule has 2 aromatic heterocycles. The number of aromatic nitrogens is 3. The van der Waals surface area contributed by atoms with E-state index in [1.165, 1.54) is 23.4 Å². The van der Waals surface area contributed by atoms with Crippen LogP contribution >= 0.6 is 0 Å². The van der Waals surface area contributed by atoms with Crippen LogP contribution in [0.2, 0.25) is 0 Å². The fourth-order valence-electron chi connectivity index (χ4n) is 3.16. The summed E-state index contributed by atoms with van der Waals surface area (Å²) in [6.45, 7) is 3.18. The van der Waals surface area contributed by atoms with Gasteiger partial charge in [-0.05, 0) is 37.8 Å². The summed E-state index contributed by atoms with van der Waals surface area (Å²) in [5.41, 5.74) is 10.4. The van der Waals surface area contributed by atoms with Crippen LogP contribution in [0.4, 0.5) is 0 Å². The number of aryl methyl sites for hydroxylation is 3. The summed E-state index contributed by atoms with van der Waals surface area (Å²) in [6.07, 6.45) is 8.33. The summed E-state index contributed by atoms with van der Waals surface area (Å²) >= 11 is 0. The second-order valence-electron chi connectivity index (χ2n) is 5.54. The summed E-state index contributed by atoms with van der Waals surface area (Å²) in [4.78, 5) is 4.40. The number of imidazole rings is 1. The predicted octanol–water partition coefficient (Wildman–Crippen LogP) is 2.11. The number of fused-ring (bicyclic) bond motifs is 1. The Morgan fingerprint density at radius 3 is 3.05 bits per heavy atom. The maximum absolute atomic E-state index is 6.21. The molecule has 1 aliphatic rings. The summed E-state index contributed by atoms with van der Waals surface area (Å²) < 4.78 is 4.53. The molecule has 0 saturated carbocycles. The number of hydrogen-bond donors (Lipinski definition) is 1. The lowest BCUT2D eigenvalue weighted by Gasteiger charge is -2.21. The van der Waals surface area contributed by atoms with Crippen LogP contribution < -0.4 is 5.73 Å². The quantitative estimate of drug-likeness (QED) is 0.916. The molecule has 2 N–H and O–H groups in total. The first-order valence-electron chi connectivity index (χ1n) is 7.07. The van der Waals surface area contributed by atoms with E-state index in [4.69, 9.17) is 5.73 Å². The normalized spacial score (nSPS) is 18.6. The molecule has 4 heteroatoms.